The van der Waals surface area contributed by atoms with Crippen molar-refractivity contribution in [3.05, 3.63) is 89.9 Å². The highest BCUT2D eigenvalue weighted by atomic mass is 19.2. The maximum absolute atomic E-state index is 14.0. The highest BCUT2D eigenvalue weighted by Crippen LogP contribution is 2.41. The van der Waals surface area contributed by atoms with Gasteiger partial charge in [0.05, 0.1) is 12.2 Å². The molecule has 0 unspecified atom stereocenters. The average molecular weight is 536 g/mol. The molecule has 0 amide bonds. The van der Waals surface area contributed by atoms with Gasteiger partial charge in [-0.05, 0) is 91.1 Å². The van der Waals surface area contributed by atoms with Crippen molar-refractivity contribution in [1.29, 1.82) is 0 Å². The van der Waals surface area contributed by atoms with Crippen molar-refractivity contribution in [2.24, 2.45) is 5.41 Å². The molecule has 0 radical (unpaired) electrons. The first-order chi connectivity index (χ1) is 19.2. The normalized spacial score (nSPS) is 11.5. The third kappa shape index (κ3) is 6.31. The van der Waals surface area contributed by atoms with Gasteiger partial charge >= 0.3 is 0 Å². The zero-order valence-corrected chi connectivity index (χ0v) is 24.7. The van der Waals surface area contributed by atoms with E-state index in [9.17, 15) is 4.48 Å². The molecule has 0 aliphatic rings. The van der Waals surface area contributed by atoms with Crippen LogP contribution in [0.15, 0.2) is 67.5 Å². The summed E-state index contributed by atoms with van der Waals surface area (Å²) in [6, 6.07) is 17.3. The van der Waals surface area contributed by atoms with E-state index >= 15 is 0 Å². The summed E-state index contributed by atoms with van der Waals surface area (Å²) in [5, 5.41) is 1.88. The number of benzene rings is 2. The molecule has 0 spiro atoms. The topological polar surface area (TPSA) is 21.1 Å². The largest absolute Gasteiger partial charge is 0.340 e. The van der Waals surface area contributed by atoms with Crippen molar-refractivity contribution >= 4 is 10.9 Å². The number of hydrogen-bond acceptors (Lipinski definition) is 2. The summed E-state index contributed by atoms with van der Waals surface area (Å²) in [4.78, 5) is 4.81. The van der Waals surface area contributed by atoms with Crippen molar-refractivity contribution < 1.29 is 4.48 Å². The van der Waals surface area contributed by atoms with E-state index in [-0.39, 0.29) is 12.0 Å². The lowest BCUT2D eigenvalue weighted by Crippen LogP contribution is -2.15. The summed E-state index contributed by atoms with van der Waals surface area (Å²) in [6.07, 6.45) is 13.4. The van der Waals surface area contributed by atoms with Crippen LogP contribution in [0, 0.1) is 24.7 Å². The van der Waals surface area contributed by atoms with Crippen molar-refractivity contribution in [2.45, 2.75) is 79.8 Å². The Balaban J connectivity index is 1.97. The molecule has 2 heterocycles. The fourth-order valence-electron chi connectivity index (χ4n) is 5.85. The molecule has 0 bridgehead atoms. The summed E-state index contributed by atoms with van der Waals surface area (Å²) in [7, 11) is 0. The Kier molecular flexibility index (Phi) is 9.15. The lowest BCUT2D eigenvalue weighted by atomic mass is 9.80. The summed E-state index contributed by atoms with van der Waals surface area (Å²) in [6.45, 7) is 15.7. The Hall–Kier alpha value is -3.84. The van der Waals surface area contributed by atoms with Gasteiger partial charge < -0.3 is 4.57 Å². The van der Waals surface area contributed by atoms with Crippen LogP contribution in [-0.4, -0.2) is 14.7 Å². The molecule has 0 atom stereocenters. The molecule has 208 valence electrons. The van der Waals surface area contributed by atoms with Gasteiger partial charge in [-0.1, -0.05) is 57.5 Å². The molecule has 0 saturated heterocycles. The van der Waals surface area contributed by atoms with Crippen LogP contribution in [0.5, 0.6) is 0 Å². The SMILES string of the molecule is C#CCCC(C)(C)Cc1c(-c2cccnc2CCC)n(CC)c2ccc(-c3cc(C)cc(CN(F)C=C)c3)cc12. The molecular weight excluding hydrogens is 493 g/mol. The van der Waals surface area contributed by atoms with Crippen molar-refractivity contribution in [1.82, 2.24) is 14.7 Å². The lowest BCUT2D eigenvalue weighted by molar-refractivity contribution is 0.0807. The Labute approximate surface area is 239 Å². The van der Waals surface area contributed by atoms with Crippen LogP contribution in [-0.2, 0) is 25.9 Å². The number of fused-ring (bicyclic) bond motifs is 1. The quantitative estimate of drug-likeness (QED) is 0.133. The first-order valence-corrected chi connectivity index (χ1v) is 14.4. The zero-order chi connectivity index (χ0) is 28.9. The average Bonchev–Trinajstić information content (AvgIpc) is 3.23. The zero-order valence-electron chi connectivity index (χ0n) is 24.7. The number of rotatable bonds is 12. The maximum atomic E-state index is 14.0. The van der Waals surface area contributed by atoms with Crippen LogP contribution in [0.3, 0.4) is 0 Å². The fraction of sp³-hybridized carbons (Fsp3) is 0.361. The van der Waals surface area contributed by atoms with Gasteiger partial charge in [-0.3, -0.25) is 4.98 Å². The summed E-state index contributed by atoms with van der Waals surface area (Å²) >= 11 is 0. The van der Waals surface area contributed by atoms with E-state index in [2.05, 4.69) is 94.1 Å². The smallest absolute Gasteiger partial charge is 0.0749 e. The van der Waals surface area contributed by atoms with Crippen LogP contribution in [0.4, 0.5) is 4.48 Å². The van der Waals surface area contributed by atoms with Crippen molar-refractivity contribution in [2.75, 3.05) is 0 Å². The molecule has 4 heteroatoms. The fourth-order valence-corrected chi connectivity index (χ4v) is 5.85. The van der Waals surface area contributed by atoms with E-state index in [0.29, 0.717) is 5.12 Å². The highest BCUT2D eigenvalue weighted by Gasteiger charge is 2.26. The molecule has 0 fully saturated rings. The maximum Gasteiger partial charge on any atom is 0.0749 e. The number of aryl methyl sites for hydroxylation is 3. The second kappa shape index (κ2) is 12.6. The van der Waals surface area contributed by atoms with E-state index in [4.69, 9.17) is 11.4 Å². The van der Waals surface area contributed by atoms with Crippen LogP contribution in [0.2, 0.25) is 0 Å². The van der Waals surface area contributed by atoms with E-state index < -0.39 is 0 Å². The third-order valence-electron chi connectivity index (χ3n) is 7.72. The van der Waals surface area contributed by atoms with E-state index in [1.165, 1.54) is 33.9 Å². The second-order valence-corrected chi connectivity index (χ2v) is 11.5. The Morgan fingerprint density at radius 2 is 1.93 bits per heavy atom. The Bertz CT molecular complexity index is 1540. The molecule has 2 aromatic carbocycles. The Morgan fingerprint density at radius 1 is 1.12 bits per heavy atom. The van der Waals surface area contributed by atoms with Gasteiger partial charge in [0.2, 0.25) is 0 Å². The molecule has 0 N–H and O–H groups in total. The third-order valence-corrected chi connectivity index (χ3v) is 7.72. The molecular formula is C36H42FN3. The van der Waals surface area contributed by atoms with E-state index in [1.54, 1.807) is 0 Å². The molecule has 0 aliphatic heterocycles. The lowest BCUT2D eigenvalue weighted by Gasteiger charge is -2.25. The number of terminal acetylenes is 1. The number of hydrogen-bond donors (Lipinski definition) is 0. The summed E-state index contributed by atoms with van der Waals surface area (Å²) in [5.74, 6) is 2.84. The van der Waals surface area contributed by atoms with Crippen LogP contribution in [0.1, 0.15) is 69.3 Å². The van der Waals surface area contributed by atoms with Crippen molar-refractivity contribution in [3.63, 3.8) is 0 Å². The van der Waals surface area contributed by atoms with Crippen LogP contribution in [0.25, 0.3) is 33.3 Å². The first-order valence-electron chi connectivity index (χ1n) is 14.4. The van der Waals surface area contributed by atoms with Gasteiger partial charge in [-0.25, -0.2) is 5.12 Å². The summed E-state index contributed by atoms with van der Waals surface area (Å²) < 4.78 is 16.5. The molecule has 0 aliphatic carbocycles. The number of halogens is 1. The minimum absolute atomic E-state index is 0.0306. The number of pyridine rings is 1. The van der Waals surface area contributed by atoms with Crippen LogP contribution < -0.4 is 0 Å². The highest BCUT2D eigenvalue weighted by molar-refractivity contribution is 5.95. The minimum Gasteiger partial charge on any atom is -0.340 e. The first kappa shape index (κ1) is 29.2. The Morgan fingerprint density at radius 3 is 2.62 bits per heavy atom. The molecule has 4 aromatic rings. The summed E-state index contributed by atoms with van der Waals surface area (Å²) in [5.41, 5.74) is 10.5. The molecule has 4 rings (SSSR count). The van der Waals surface area contributed by atoms with Gasteiger partial charge in [-0.15, -0.1) is 16.8 Å². The van der Waals surface area contributed by atoms with E-state index in [0.717, 1.165) is 66.6 Å². The monoisotopic (exact) mass is 535 g/mol. The minimum atomic E-state index is 0.0306. The van der Waals surface area contributed by atoms with Crippen LogP contribution >= 0.6 is 0 Å². The number of aromatic nitrogens is 2. The van der Waals surface area contributed by atoms with Gasteiger partial charge in [0.1, 0.15) is 0 Å². The van der Waals surface area contributed by atoms with Gasteiger partial charge in [0.15, 0.2) is 0 Å². The standard InChI is InChI=1S/C36H42FN3/c1-8-12-18-36(6,7)24-32-31-23-28(29-21-26(5)20-27(22-29)25-39(37)10-3)16-17-34(31)40(11-4)35(32)30-15-13-19-38-33(30)14-9-2/h1,10,13,15-17,19-23H,3,9,11-12,14,18,24-25H2,2,4-7H3. The predicted octanol–water partition coefficient (Wildman–Crippen LogP) is 9.46. The molecule has 3 nitrogen and oxygen atoms in total. The predicted molar refractivity (Wildman–Crippen MR) is 167 cm³/mol. The number of nitrogens with zero attached hydrogens (tertiary/aromatic N) is 3. The second-order valence-electron chi connectivity index (χ2n) is 11.5. The van der Waals surface area contributed by atoms with Crippen molar-refractivity contribution in [3.8, 4) is 34.7 Å². The molecule has 0 saturated carbocycles. The van der Waals surface area contributed by atoms with E-state index in [1.807, 2.05) is 12.3 Å². The van der Waals surface area contributed by atoms with Gasteiger partial charge in [0, 0.05) is 47.5 Å². The molecule has 40 heavy (non-hydrogen) atoms. The molecule has 2 aromatic heterocycles. The van der Waals surface area contributed by atoms with Gasteiger partial charge in [-0.2, -0.15) is 0 Å². The van der Waals surface area contributed by atoms with Gasteiger partial charge in [0.25, 0.3) is 0 Å².